The summed E-state index contributed by atoms with van der Waals surface area (Å²) in [5.74, 6) is -1.24. The summed E-state index contributed by atoms with van der Waals surface area (Å²) in [6, 6.07) is 16.7. The van der Waals surface area contributed by atoms with E-state index >= 15 is 0 Å². The number of nitrogens with one attached hydrogen (secondary N) is 3. The van der Waals surface area contributed by atoms with Crippen LogP contribution < -0.4 is 10.6 Å². The first-order chi connectivity index (χ1) is 17.5. The van der Waals surface area contributed by atoms with E-state index in [4.69, 9.17) is 0 Å². The zero-order valence-corrected chi connectivity index (χ0v) is 20.4. The third-order valence-electron chi connectivity index (χ3n) is 6.93. The minimum atomic E-state index is -1.15. The molecule has 0 radical (unpaired) electrons. The van der Waals surface area contributed by atoms with E-state index in [0.29, 0.717) is 18.0 Å². The Balaban J connectivity index is 1.15. The van der Waals surface area contributed by atoms with E-state index in [1.165, 1.54) is 5.56 Å². The second-order valence-corrected chi connectivity index (χ2v) is 9.49. The predicted octanol–water partition coefficient (Wildman–Crippen LogP) is 3.55. The van der Waals surface area contributed by atoms with Gasteiger partial charge in [0.2, 0.25) is 5.91 Å². The number of carboxylic acid groups (broad SMARTS) is 1. The average Bonchev–Trinajstić information content (AvgIpc) is 3.32. The molecule has 0 unspecified atom stereocenters. The summed E-state index contributed by atoms with van der Waals surface area (Å²) in [4.78, 5) is 42.1. The molecule has 0 bridgehead atoms. The molecule has 1 atom stereocenters. The van der Waals surface area contributed by atoms with Gasteiger partial charge in [0, 0.05) is 36.6 Å². The van der Waals surface area contributed by atoms with Crippen molar-refractivity contribution >= 4 is 28.7 Å². The maximum atomic E-state index is 12.7. The van der Waals surface area contributed by atoms with Crippen LogP contribution in [-0.4, -0.2) is 58.5 Å². The van der Waals surface area contributed by atoms with Gasteiger partial charge in [0.25, 0.3) is 5.91 Å². The van der Waals surface area contributed by atoms with Gasteiger partial charge in [-0.25, -0.2) is 4.79 Å². The summed E-state index contributed by atoms with van der Waals surface area (Å²) in [6.45, 7) is 3.68. The number of aliphatic carboxylic acids is 1. The second kappa shape index (κ2) is 12.4. The fourth-order valence-corrected chi connectivity index (χ4v) is 4.81. The Hall–Kier alpha value is -3.65. The number of H-pyrrole nitrogens is 1. The van der Waals surface area contributed by atoms with Gasteiger partial charge in [0.05, 0.1) is 5.56 Å². The molecule has 8 nitrogen and oxygen atoms in total. The molecule has 190 valence electrons. The number of hydrogen-bond acceptors (Lipinski definition) is 4. The largest absolute Gasteiger partial charge is 0.480 e. The number of piperidine rings is 1. The number of likely N-dealkylation sites (tertiary alicyclic amines) is 1. The van der Waals surface area contributed by atoms with Crippen LogP contribution in [0.15, 0.2) is 60.8 Å². The van der Waals surface area contributed by atoms with Gasteiger partial charge in [-0.05, 0) is 56.3 Å². The first-order valence-corrected chi connectivity index (χ1v) is 12.6. The molecule has 0 aliphatic carbocycles. The lowest BCUT2D eigenvalue weighted by molar-refractivity contribution is -0.139. The molecule has 2 aromatic carbocycles. The molecule has 36 heavy (non-hydrogen) atoms. The molecule has 1 aliphatic rings. The van der Waals surface area contributed by atoms with Crippen molar-refractivity contribution in [2.75, 3.05) is 19.6 Å². The van der Waals surface area contributed by atoms with Crippen molar-refractivity contribution in [1.82, 2.24) is 20.5 Å². The molecule has 3 aromatic rings. The number of aromatic nitrogens is 1. The fraction of sp³-hybridized carbons (Fsp3) is 0.393. The van der Waals surface area contributed by atoms with Crippen LogP contribution in [0.25, 0.3) is 10.9 Å². The molecule has 4 N–H and O–H groups in total. The third-order valence-corrected chi connectivity index (χ3v) is 6.93. The smallest absolute Gasteiger partial charge is 0.326 e. The van der Waals surface area contributed by atoms with Crippen LogP contribution in [0.2, 0.25) is 0 Å². The summed E-state index contributed by atoms with van der Waals surface area (Å²) in [7, 11) is 0. The van der Waals surface area contributed by atoms with Crippen molar-refractivity contribution in [3.05, 3.63) is 71.9 Å². The predicted molar refractivity (Wildman–Crippen MR) is 138 cm³/mol. The molecule has 1 saturated heterocycles. The maximum Gasteiger partial charge on any atom is 0.326 e. The van der Waals surface area contributed by atoms with Gasteiger partial charge in [-0.2, -0.15) is 0 Å². The number of hydrogen-bond donors (Lipinski definition) is 4. The van der Waals surface area contributed by atoms with Crippen molar-refractivity contribution in [3.63, 3.8) is 0 Å². The molecule has 1 aliphatic heterocycles. The van der Waals surface area contributed by atoms with E-state index in [9.17, 15) is 19.5 Å². The van der Waals surface area contributed by atoms with Crippen LogP contribution >= 0.6 is 0 Å². The molecular formula is C28H34N4O4. The van der Waals surface area contributed by atoms with E-state index in [1.54, 1.807) is 12.3 Å². The topological polar surface area (TPSA) is 115 Å². The Morgan fingerprint density at radius 2 is 1.75 bits per heavy atom. The van der Waals surface area contributed by atoms with Crippen molar-refractivity contribution in [2.24, 2.45) is 5.92 Å². The molecular weight excluding hydrogens is 456 g/mol. The van der Waals surface area contributed by atoms with Gasteiger partial charge >= 0.3 is 5.97 Å². The van der Waals surface area contributed by atoms with Gasteiger partial charge in [-0.15, -0.1) is 0 Å². The minimum Gasteiger partial charge on any atom is -0.480 e. The number of nitrogens with zero attached hydrogens (tertiary/aromatic N) is 1. The molecule has 0 spiro atoms. The van der Waals surface area contributed by atoms with E-state index < -0.39 is 17.9 Å². The molecule has 1 aromatic heterocycles. The van der Waals surface area contributed by atoms with Crippen molar-refractivity contribution in [1.29, 1.82) is 0 Å². The minimum absolute atomic E-state index is 0.0349. The first kappa shape index (κ1) is 25.4. The normalized spacial score (nSPS) is 15.4. The first-order valence-electron chi connectivity index (χ1n) is 12.6. The summed E-state index contributed by atoms with van der Waals surface area (Å²) in [5.41, 5.74) is 2.52. The SMILES string of the molecule is O=C(CC[C@H](NC(=O)c1c[nH]c2ccccc12)C(=O)O)NCCC1CCN(Cc2ccccc2)CC1. The Kier molecular flexibility index (Phi) is 8.73. The highest BCUT2D eigenvalue weighted by molar-refractivity contribution is 6.07. The Labute approximate surface area is 211 Å². The van der Waals surface area contributed by atoms with E-state index in [-0.39, 0.29) is 18.7 Å². The lowest BCUT2D eigenvalue weighted by atomic mass is 9.93. The monoisotopic (exact) mass is 490 g/mol. The second-order valence-electron chi connectivity index (χ2n) is 9.49. The van der Waals surface area contributed by atoms with Gasteiger partial charge in [0.1, 0.15) is 6.04 Å². The van der Waals surface area contributed by atoms with Crippen molar-refractivity contribution in [3.8, 4) is 0 Å². The van der Waals surface area contributed by atoms with Gasteiger partial charge in [-0.1, -0.05) is 48.5 Å². The number of amides is 2. The molecule has 2 amide bonds. The summed E-state index contributed by atoms with van der Waals surface area (Å²) in [6.07, 6.45) is 4.80. The maximum absolute atomic E-state index is 12.7. The Morgan fingerprint density at radius 1 is 1.03 bits per heavy atom. The van der Waals surface area contributed by atoms with Gasteiger partial charge < -0.3 is 20.7 Å². The zero-order chi connectivity index (χ0) is 25.3. The fourth-order valence-electron chi connectivity index (χ4n) is 4.81. The standard InChI is InChI=1S/C28H34N4O4/c33-26(29-15-12-20-13-16-32(17-14-20)19-21-6-2-1-3-7-21)11-10-25(28(35)36)31-27(34)23-18-30-24-9-5-4-8-22(23)24/h1-9,18,20,25,30H,10-17,19H2,(H,29,33)(H,31,34)(H,35,36)/t25-/m0/s1. The molecule has 8 heteroatoms. The highest BCUT2D eigenvalue weighted by Crippen LogP contribution is 2.21. The van der Waals surface area contributed by atoms with Crippen LogP contribution in [0.1, 0.15) is 48.0 Å². The number of aromatic amines is 1. The number of carbonyl (C=O) groups is 3. The number of rotatable bonds is 11. The molecule has 1 fully saturated rings. The van der Waals surface area contributed by atoms with E-state index in [0.717, 1.165) is 49.8 Å². The van der Waals surface area contributed by atoms with Crippen molar-refractivity contribution in [2.45, 2.75) is 44.7 Å². The van der Waals surface area contributed by atoms with Gasteiger partial charge in [-0.3, -0.25) is 14.5 Å². The van der Waals surface area contributed by atoms with Crippen LogP contribution in [0.5, 0.6) is 0 Å². The van der Waals surface area contributed by atoms with Crippen LogP contribution in [0.4, 0.5) is 0 Å². The average molecular weight is 491 g/mol. The Bertz CT molecular complexity index is 1170. The summed E-state index contributed by atoms with van der Waals surface area (Å²) in [5, 5.41) is 15.7. The lowest BCUT2D eigenvalue weighted by Crippen LogP contribution is -2.41. The van der Waals surface area contributed by atoms with Gasteiger partial charge in [0.15, 0.2) is 0 Å². The highest BCUT2D eigenvalue weighted by Gasteiger charge is 2.23. The summed E-state index contributed by atoms with van der Waals surface area (Å²) < 4.78 is 0. The van der Waals surface area contributed by atoms with Crippen LogP contribution in [-0.2, 0) is 16.1 Å². The number of carboxylic acids is 1. The number of benzene rings is 2. The molecule has 2 heterocycles. The van der Waals surface area contributed by atoms with E-state index in [2.05, 4.69) is 44.8 Å². The number of para-hydroxylation sites is 1. The third kappa shape index (κ3) is 6.95. The highest BCUT2D eigenvalue weighted by atomic mass is 16.4. The quantitative estimate of drug-likeness (QED) is 0.328. The number of carbonyl (C=O) groups excluding carboxylic acids is 2. The van der Waals surface area contributed by atoms with Crippen LogP contribution in [0.3, 0.4) is 0 Å². The number of fused-ring (bicyclic) bond motifs is 1. The van der Waals surface area contributed by atoms with Crippen LogP contribution in [0, 0.1) is 5.92 Å². The Morgan fingerprint density at radius 3 is 2.50 bits per heavy atom. The summed E-state index contributed by atoms with van der Waals surface area (Å²) >= 11 is 0. The lowest BCUT2D eigenvalue weighted by Gasteiger charge is -2.32. The van der Waals surface area contributed by atoms with Crippen molar-refractivity contribution < 1.29 is 19.5 Å². The zero-order valence-electron chi connectivity index (χ0n) is 20.4. The molecule has 0 saturated carbocycles. The molecule has 4 rings (SSSR count). The van der Waals surface area contributed by atoms with E-state index in [1.807, 2.05) is 24.3 Å².